The van der Waals surface area contributed by atoms with Crippen LogP contribution in [0.3, 0.4) is 0 Å². The van der Waals surface area contributed by atoms with Gasteiger partial charge >= 0.3 is 0 Å². The number of ether oxygens (including phenoxy) is 1. The average Bonchev–Trinajstić information content (AvgIpc) is 2.97. The quantitative estimate of drug-likeness (QED) is 0.786. The van der Waals surface area contributed by atoms with Crippen molar-refractivity contribution in [2.45, 2.75) is 11.8 Å². The van der Waals surface area contributed by atoms with Crippen molar-refractivity contribution in [3.8, 4) is 6.07 Å². The SMILES string of the molecule is COCCCNC1=C(C#N)C(=O)N[C@H](c2cccs2)S1. The van der Waals surface area contributed by atoms with Gasteiger partial charge in [-0.05, 0) is 17.9 Å². The molecular weight excluding hydrogens is 294 g/mol. The van der Waals surface area contributed by atoms with Crippen LogP contribution in [-0.4, -0.2) is 26.2 Å². The summed E-state index contributed by atoms with van der Waals surface area (Å²) in [5.41, 5.74) is 0.153. The van der Waals surface area contributed by atoms with E-state index in [2.05, 4.69) is 10.6 Å². The van der Waals surface area contributed by atoms with E-state index >= 15 is 0 Å². The number of rotatable bonds is 6. The lowest BCUT2D eigenvalue weighted by molar-refractivity contribution is -0.117. The molecule has 0 fully saturated rings. The highest BCUT2D eigenvalue weighted by atomic mass is 32.2. The van der Waals surface area contributed by atoms with Gasteiger partial charge in [-0.1, -0.05) is 17.8 Å². The molecule has 1 aromatic rings. The van der Waals surface area contributed by atoms with Gasteiger partial charge in [0.1, 0.15) is 17.0 Å². The molecule has 2 rings (SSSR count). The summed E-state index contributed by atoms with van der Waals surface area (Å²) in [4.78, 5) is 13.0. The zero-order chi connectivity index (χ0) is 14.4. The predicted octanol–water partition coefficient (Wildman–Crippen LogP) is 1.97. The third-order valence-electron chi connectivity index (χ3n) is 2.68. The van der Waals surface area contributed by atoms with Gasteiger partial charge in [0.25, 0.3) is 5.91 Å². The molecule has 1 atom stereocenters. The molecule has 1 aromatic heterocycles. The molecule has 106 valence electrons. The molecule has 0 aromatic carbocycles. The van der Waals surface area contributed by atoms with E-state index < -0.39 is 0 Å². The van der Waals surface area contributed by atoms with Crippen LogP contribution >= 0.6 is 23.1 Å². The van der Waals surface area contributed by atoms with E-state index in [9.17, 15) is 4.79 Å². The maximum absolute atomic E-state index is 12.0. The maximum Gasteiger partial charge on any atom is 0.265 e. The lowest BCUT2D eigenvalue weighted by atomic mass is 10.3. The summed E-state index contributed by atoms with van der Waals surface area (Å²) in [6, 6.07) is 5.89. The summed E-state index contributed by atoms with van der Waals surface area (Å²) >= 11 is 3.05. The van der Waals surface area contributed by atoms with Crippen LogP contribution in [0, 0.1) is 11.3 Å². The number of thiophene rings is 1. The van der Waals surface area contributed by atoms with Crippen molar-refractivity contribution in [3.05, 3.63) is 33.0 Å². The summed E-state index contributed by atoms with van der Waals surface area (Å²) in [7, 11) is 1.65. The highest BCUT2D eigenvalue weighted by Gasteiger charge is 2.29. The molecule has 1 amide bonds. The van der Waals surface area contributed by atoms with Crippen LogP contribution in [0.25, 0.3) is 0 Å². The minimum Gasteiger partial charge on any atom is -0.385 e. The molecule has 0 radical (unpaired) electrons. The van der Waals surface area contributed by atoms with E-state index in [1.165, 1.54) is 11.8 Å². The van der Waals surface area contributed by atoms with Gasteiger partial charge in [-0.15, -0.1) is 11.3 Å². The van der Waals surface area contributed by atoms with Gasteiger partial charge in [0.2, 0.25) is 0 Å². The number of nitriles is 1. The molecular formula is C13H15N3O2S2. The van der Waals surface area contributed by atoms with Crippen molar-refractivity contribution in [2.24, 2.45) is 0 Å². The Bertz CT molecular complexity index is 534. The summed E-state index contributed by atoms with van der Waals surface area (Å²) in [5.74, 6) is -0.320. The van der Waals surface area contributed by atoms with Crippen molar-refractivity contribution >= 4 is 29.0 Å². The van der Waals surface area contributed by atoms with Crippen LogP contribution in [0.5, 0.6) is 0 Å². The standard InChI is InChI=1S/C13H15N3O2S2/c1-18-6-3-5-15-12-9(8-14)11(17)16-13(20-12)10-4-2-7-19-10/h2,4,7,13,15H,3,5-6H2,1H3,(H,16,17)/t13-/m0/s1. The molecule has 0 saturated carbocycles. The van der Waals surface area contributed by atoms with Crippen LogP contribution in [0.4, 0.5) is 0 Å². The third-order valence-corrected chi connectivity index (χ3v) is 4.95. The van der Waals surface area contributed by atoms with Crippen molar-refractivity contribution in [1.29, 1.82) is 5.26 Å². The van der Waals surface area contributed by atoms with Gasteiger partial charge in [-0.2, -0.15) is 5.26 Å². The van der Waals surface area contributed by atoms with Crippen molar-refractivity contribution < 1.29 is 9.53 Å². The Balaban J connectivity index is 2.08. The number of nitrogens with one attached hydrogen (secondary N) is 2. The Hall–Kier alpha value is -1.49. The number of carbonyl (C=O) groups is 1. The summed E-state index contributed by atoms with van der Waals surface area (Å²) < 4.78 is 4.98. The van der Waals surface area contributed by atoms with E-state index in [1.807, 2.05) is 23.6 Å². The minimum absolute atomic E-state index is 0.135. The van der Waals surface area contributed by atoms with Crippen LogP contribution < -0.4 is 10.6 Å². The fourth-order valence-electron chi connectivity index (χ4n) is 1.72. The molecule has 0 aliphatic carbocycles. The highest BCUT2D eigenvalue weighted by molar-refractivity contribution is 8.03. The van der Waals surface area contributed by atoms with E-state index in [0.29, 0.717) is 18.2 Å². The molecule has 2 heterocycles. The zero-order valence-electron chi connectivity index (χ0n) is 11.0. The van der Waals surface area contributed by atoms with Gasteiger partial charge in [-0.25, -0.2) is 0 Å². The first-order valence-corrected chi connectivity index (χ1v) is 7.90. The zero-order valence-corrected chi connectivity index (χ0v) is 12.6. The molecule has 1 aliphatic rings. The van der Waals surface area contributed by atoms with Gasteiger partial charge in [0.05, 0.1) is 5.03 Å². The predicted molar refractivity (Wildman–Crippen MR) is 79.9 cm³/mol. The first-order chi connectivity index (χ1) is 9.76. The number of nitrogens with zero attached hydrogens (tertiary/aromatic N) is 1. The smallest absolute Gasteiger partial charge is 0.265 e. The number of amides is 1. The van der Waals surface area contributed by atoms with E-state index in [0.717, 1.165) is 11.3 Å². The molecule has 0 bridgehead atoms. The topological polar surface area (TPSA) is 74.1 Å². The molecule has 5 nitrogen and oxygen atoms in total. The number of methoxy groups -OCH3 is 1. The normalized spacial score (nSPS) is 18.6. The molecule has 1 aliphatic heterocycles. The van der Waals surface area contributed by atoms with Gasteiger partial charge in [-0.3, -0.25) is 4.79 Å². The average molecular weight is 309 g/mol. The lowest BCUT2D eigenvalue weighted by Crippen LogP contribution is -2.34. The number of carbonyl (C=O) groups excluding carboxylic acids is 1. The van der Waals surface area contributed by atoms with E-state index in [1.54, 1.807) is 18.4 Å². The molecule has 2 N–H and O–H groups in total. The molecule has 0 saturated heterocycles. The van der Waals surface area contributed by atoms with Crippen molar-refractivity contribution in [3.63, 3.8) is 0 Å². The summed E-state index contributed by atoms with van der Waals surface area (Å²) in [5, 5.41) is 17.6. The molecule has 20 heavy (non-hydrogen) atoms. The summed E-state index contributed by atoms with van der Waals surface area (Å²) in [6.45, 7) is 1.32. The van der Waals surface area contributed by atoms with E-state index in [4.69, 9.17) is 10.00 Å². The Labute approximate surface area is 126 Å². The highest BCUT2D eigenvalue weighted by Crippen LogP contribution is 2.38. The Morgan fingerprint density at radius 3 is 3.10 bits per heavy atom. The monoisotopic (exact) mass is 309 g/mol. The van der Waals surface area contributed by atoms with Crippen LogP contribution in [0.15, 0.2) is 28.1 Å². The van der Waals surface area contributed by atoms with Crippen LogP contribution in [0.1, 0.15) is 16.7 Å². The Morgan fingerprint density at radius 1 is 1.60 bits per heavy atom. The second-order valence-corrected chi connectivity index (χ2v) is 6.17. The van der Waals surface area contributed by atoms with Gasteiger partial charge in [0, 0.05) is 25.1 Å². The molecule has 7 heteroatoms. The molecule has 0 spiro atoms. The second-order valence-electron chi connectivity index (χ2n) is 4.08. The Kier molecular flexibility index (Phi) is 5.47. The second kappa shape index (κ2) is 7.33. The lowest BCUT2D eigenvalue weighted by Gasteiger charge is -2.25. The first-order valence-electron chi connectivity index (χ1n) is 6.14. The molecule has 0 unspecified atom stereocenters. The van der Waals surface area contributed by atoms with Gasteiger partial charge in [0.15, 0.2) is 0 Å². The minimum atomic E-state index is -0.320. The third kappa shape index (κ3) is 3.54. The fourth-order valence-corrected chi connectivity index (χ4v) is 3.72. The van der Waals surface area contributed by atoms with Crippen LogP contribution in [-0.2, 0) is 9.53 Å². The number of hydrogen-bond donors (Lipinski definition) is 2. The Morgan fingerprint density at radius 2 is 2.45 bits per heavy atom. The summed E-state index contributed by atoms with van der Waals surface area (Å²) in [6.07, 6.45) is 0.824. The van der Waals surface area contributed by atoms with E-state index in [-0.39, 0.29) is 16.9 Å². The number of hydrogen-bond acceptors (Lipinski definition) is 6. The largest absolute Gasteiger partial charge is 0.385 e. The fraction of sp³-hybridized carbons (Fsp3) is 0.385. The first kappa shape index (κ1) is 14.9. The van der Waals surface area contributed by atoms with Gasteiger partial charge < -0.3 is 15.4 Å². The van der Waals surface area contributed by atoms with Crippen molar-refractivity contribution in [1.82, 2.24) is 10.6 Å². The number of thioether (sulfide) groups is 1. The van der Waals surface area contributed by atoms with Crippen LogP contribution in [0.2, 0.25) is 0 Å². The maximum atomic E-state index is 12.0. The van der Waals surface area contributed by atoms with Crippen molar-refractivity contribution in [2.75, 3.05) is 20.3 Å².